The van der Waals surface area contributed by atoms with Crippen LogP contribution in [0.5, 0.6) is 0 Å². The Bertz CT molecular complexity index is 626. The van der Waals surface area contributed by atoms with E-state index in [0.29, 0.717) is 5.69 Å². The number of carbonyl (C=O) groups is 2. The number of aliphatic hydroxyl groups is 1. The summed E-state index contributed by atoms with van der Waals surface area (Å²) in [5, 5.41) is 9.59. The molecule has 3 aliphatic rings. The number of anilines is 1. The van der Waals surface area contributed by atoms with Crippen LogP contribution in [0.2, 0.25) is 0 Å². The molecule has 3 aliphatic heterocycles. The predicted molar refractivity (Wildman–Crippen MR) is 69.7 cm³/mol. The van der Waals surface area contributed by atoms with Crippen molar-refractivity contribution in [3.8, 4) is 0 Å². The Labute approximate surface area is 115 Å². The lowest BCUT2D eigenvalue weighted by Crippen LogP contribution is -2.43. The van der Waals surface area contributed by atoms with Gasteiger partial charge in [-0.05, 0) is 12.1 Å². The fourth-order valence-electron chi connectivity index (χ4n) is 3.52. The molecule has 5 nitrogen and oxygen atoms in total. The standard InChI is InChI=1S/C15H13NO4/c17-8-15-7-6-10(20-15)11-12(15)14(19)16(13(11)18)9-4-2-1-3-5-9/h1-7,10-12,17H,8H2/t10-,11+,12-,15+/m0/s1. The van der Waals surface area contributed by atoms with Crippen molar-refractivity contribution in [2.45, 2.75) is 11.7 Å². The van der Waals surface area contributed by atoms with Crippen molar-refractivity contribution in [3.05, 3.63) is 42.5 Å². The molecule has 1 N–H and O–H groups in total. The Morgan fingerprint density at radius 1 is 1.20 bits per heavy atom. The van der Waals surface area contributed by atoms with Gasteiger partial charge in [-0.3, -0.25) is 9.59 Å². The Balaban J connectivity index is 1.79. The van der Waals surface area contributed by atoms with Crippen LogP contribution in [0.4, 0.5) is 5.69 Å². The lowest BCUT2D eigenvalue weighted by Gasteiger charge is -2.26. The minimum Gasteiger partial charge on any atom is -0.393 e. The molecule has 2 amide bonds. The van der Waals surface area contributed by atoms with E-state index < -0.39 is 23.5 Å². The summed E-state index contributed by atoms with van der Waals surface area (Å²) < 4.78 is 5.67. The second-order valence-corrected chi connectivity index (χ2v) is 5.41. The topological polar surface area (TPSA) is 66.8 Å². The number of nitrogens with zero attached hydrogens (tertiary/aromatic N) is 1. The number of imide groups is 1. The van der Waals surface area contributed by atoms with Crippen LogP contribution in [-0.4, -0.2) is 35.2 Å². The summed E-state index contributed by atoms with van der Waals surface area (Å²) >= 11 is 0. The van der Waals surface area contributed by atoms with Crippen molar-refractivity contribution in [1.82, 2.24) is 0 Å². The molecule has 4 atom stereocenters. The Morgan fingerprint density at radius 2 is 1.95 bits per heavy atom. The van der Waals surface area contributed by atoms with E-state index in [1.54, 1.807) is 36.4 Å². The van der Waals surface area contributed by atoms with Gasteiger partial charge in [0.25, 0.3) is 0 Å². The first-order valence-corrected chi connectivity index (χ1v) is 6.59. The Morgan fingerprint density at radius 3 is 2.65 bits per heavy atom. The SMILES string of the molecule is O=C1[C@@H]2[C@@H]3C=C[C@](CO)(O3)[C@@H]2C(=O)N1c1ccccc1. The van der Waals surface area contributed by atoms with Crippen LogP contribution < -0.4 is 4.90 Å². The molecule has 4 rings (SSSR count). The van der Waals surface area contributed by atoms with Crippen molar-refractivity contribution in [2.24, 2.45) is 11.8 Å². The largest absolute Gasteiger partial charge is 0.393 e. The molecule has 20 heavy (non-hydrogen) atoms. The highest BCUT2D eigenvalue weighted by Gasteiger charge is 2.67. The molecule has 5 heteroatoms. The van der Waals surface area contributed by atoms with E-state index in [0.717, 1.165) is 0 Å². The number of aliphatic hydroxyl groups excluding tert-OH is 1. The summed E-state index contributed by atoms with van der Waals surface area (Å²) in [6.45, 7) is -0.289. The van der Waals surface area contributed by atoms with E-state index in [-0.39, 0.29) is 18.4 Å². The average Bonchev–Trinajstić information content (AvgIpc) is 3.11. The summed E-state index contributed by atoms with van der Waals surface area (Å²) in [5.74, 6) is -1.65. The third-order valence-electron chi connectivity index (χ3n) is 4.42. The highest BCUT2D eigenvalue weighted by atomic mass is 16.5. The molecule has 0 aliphatic carbocycles. The van der Waals surface area contributed by atoms with Gasteiger partial charge in [-0.2, -0.15) is 0 Å². The fourth-order valence-corrected chi connectivity index (χ4v) is 3.52. The van der Waals surface area contributed by atoms with Crippen LogP contribution in [0.3, 0.4) is 0 Å². The molecule has 2 bridgehead atoms. The van der Waals surface area contributed by atoms with Gasteiger partial charge in [0.15, 0.2) is 0 Å². The van der Waals surface area contributed by atoms with Gasteiger partial charge < -0.3 is 9.84 Å². The van der Waals surface area contributed by atoms with Crippen molar-refractivity contribution in [2.75, 3.05) is 11.5 Å². The van der Waals surface area contributed by atoms with Gasteiger partial charge in [0.05, 0.1) is 30.2 Å². The number of benzene rings is 1. The molecule has 1 aromatic rings. The zero-order valence-corrected chi connectivity index (χ0v) is 10.6. The second-order valence-electron chi connectivity index (χ2n) is 5.41. The van der Waals surface area contributed by atoms with Gasteiger partial charge in [-0.25, -0.2) is 4.90 Å². The smallest absolute Gasteiger partial charge is 0.241 e. The number of amides is 2. The van der Waals surface area contributed by atoms with Crippen LogP contribution >= 0.6 is 0 Å². The fraction of sp³-hybridized carbons (Fsp3) is 0.333. The number of carbonyl (C=O) groups excluding carboxylic acids is 2. The first kappa shape index (κ1) is 11.8. The zero-order chi connectivity index (χ0) is 13.9. The zero-order valence-electron chi connectivity index (χ0n) is 10.6. The molecular weight excluding hydrogens is 258 g/mol. The lowest BCUT2D eigenvalue weighted by atomic mass is 9.77. The Hall–Kier alpha value is -1.98. The maximum Gasteiger partial charge on any atom is 0.241 e. The highest BCUT2D eigenvalue weighted by Crippen LogP contribution is 2.52. The first-order valence-electron chi connectivity index (χ1n) is 6.59. The van der Waals surface area contributed by atoms with Crippen molar-refractivity contribution < 1.29 is 19.4 Å². The third-order valence-corrected chi connectivity index (χ3v) is 4.42. The highest BCUT2D eigenvalue weighted by molar-refractivity contribution is 6.23. The number of ether oxygens (including phenoxy) is 1. The minimum atomic E-state index is -1.02. The molecule has 0 radical (unpaired) electrons. The number of fused-ring (bicyclic) bond motifs is 5. The molecule has 0 spiro atoms. The molecule has 1 aromatic carbocycles. The second kappa shape index (κ2) is 3.77. The van der Waals surface area contributed by atoms with Crippen molar-refractivity contribution in [3.63, 3.8) is 0 Å². The number of rotatable bonds is 2. The van der Waals surface area contributed by atoms with Gasteiger partial charge in [-0.1, -0.05) is 30.4 Å². The van der Waals surface area contributed by atoms with Crippen LogP contribution in [0.15, 0.2) is 42.5 Å². The minimum absolute atomic E-state index is 0.240. The molecule has 102 valence electrons. The number of hydrogen-bond acceptors (Lipinski definition) is 4. The number of para-hydroxylation sites is 1. The molecule has 0 aromatic heterocycles. The maximum atomic E-state index is 12.6. The quantitative estimate of drug-likeness (QED) is 0.628. The predicted octanol–water partition coefficient (Wildman–Crippen LogP) is 0.492. The summed E-state index contributed by atoms with van der Waals surface area (Å²) in [6.07, 6.45) is 3.09. The molecule has 2 fully saturated rings. The lowest BCUT2D eigenvalue weighted by molar-refractivity contribution is -0.128. The normalized spacial score (nSPS) is 37.9. The van der Waals surface area contributed by atoms with Gasteiger partial charge in [-0.15, -0.1) is 0 Å². The first-order chi connectivity index (χ1) is 9.68. The van der Waals surface area contributed by atoms with Gasteiger partial charge in [0.1, 0.15) is 5.60 Å². The molecule has 0 saturated carbocycles. The molecule has 0 unspecified atom stereocenters. The van der Waals surface area contributed by atoms with Crippen molar-refractivity contribution >= 4 is 17.5 Å². The van der Waals surface area contributed by atoms with E-state index in [4.69, 9.17) is 4.74 Å². The van der Waals surface area contributed by atoms with E-state index in [1.165, 1.54) is 4.90 Å². The molecule has 3 heterocycles. The maximum absolute atomic E-state index is 12.6. The van der Waals surface area contributed by atoms with Gasteiger partial charge in [0, 0.05) is 0 Å². The van der Waals surface area contributed by atoms with E-state index >= 15 is 0 Å². The van der Waals surface area contributed by atoms with Gasteiger partial charge in [0.2, 0.25) is 11.8 Å². The molecule has 2 saturated heterocycles. The van der Waals surface area contributed by atoms with E-state index in [9.17, 15) is 14.7 Å². The number of hydrogen-bond donors (Lipinski definition) is 1. The van der Waals surface area contributed by atoms with E-state index in [1.807, 2.05) is 6.07 Å². The summed E-state index contributed by atoms with van der Waals surface area (Å²) in [6, 6.07) is 8.88. The van der Waals surface area contributed by atoms with Crippen LogP contribution in [0.1, 0.15) is 0 Å². The van der Waals surface area contributed by atoms with Crippen molar-refractivity contribution in [1.29, 1.82) is 0 Å². The van der Waals surface area contributed by atoms with Gasteiger partial charge >= 0.3 is 0 Å². The van der Waals surface area contributed by atoms with Crippen LogP contribution in [0.25, 0.3) is 0 Å². The summed E-state index contributed by atoms with van der Waals surface area (Å²) in [7, 11) is 0. The molecular formula is C15H13NO4. The third kappa shape index (κ3) is 1.24. The van der Waals surface area contributed by atoms with Crippen LogP contribution in [0, 0.1) is 11.8 Å². The summed E-state index contributed by atoms with van der Waals surface area (Å²) in [4.78, 5) is 26.4. The monoisotopic (exact) mass is 271 g/mol. The van der Waals surface area contributed by atoms with E-state index in [2.05, 4.69) is 0 Å². The van der Waals surface area contributed by atoms with Crippen LogP contribution in [-0.2, 0) is 14.3 Å². The Kier molecular flexibility index (Phi) is 2.23. The average molecular weight is 271 g/mol. The summed E-state index contributed by atoms with van der Waals surface area (Å²) in [5.41, 5.74) is -0.449.